The monoisotopic (exact) mass is 298 g/mol. The molecule has 5 nitrogen and oxygen atoms in total. The van der Waals surface area contributed by atoms with Gasteiger partial charge in [0.15, 0.2) is 0 Å². The summed E-state index contributed by atoms with van der Waals surface area (Å²) < 4.78 is 0. The molecule has 2 rings (SSSR count). The summed E-state index contributed by atoms with van der Waals surface area (Å²) in [5, 5.41) is -0.283. The van der Waals surface area contributed by atoms with Crippen molar-refractivity contribution in [3.63, 3.8) is 0 Å². The zero-order chi connectivity index (χ0) is 14.0. The van der Waals surface area contributed by atoms with E-state index in [1.807, 2.05) is 6.07 Å². The van der Waals surface area contributed by atoms with Crippen molar-refractivity contribution < 1.29 is 14.4 Å². The summed E-state index contributed by atoms with van der Waals surface area (Å²) in [5.74, 6) is -2.18. The zero-order valence-corrected chi connectivity index (χ0v) is 11.0. The van der Waals surface area contributed by atoms with E-state index < -0.39 is 27.8 Å². The first-order valence-corrected chi connectivity index (χ1v) is 6.03. The van der Waals surface area contributed by atoms with Crippen molar-refractivity contribution in [3.05, 3.63) is 46.0 Å². The summed E-state index contributed by atoms with van der Waals surface area (Å²) in [6, 6.07) is 8.89. The molecule has 19 heavy (non-hydrogen) atoms. The van der Waals surface area contributed by atoms with Gasteiger partial charge < -0.3 is 0 Å². The average molecular weight is 299 g/mol. The summed E-state index contributed by atoms with van der Waals surface area (Å²) in [6.07, 6.45) is 0.0349. The summed E-state index contributed by atoms with van der Waals surface area (Å²) in [5.41, 5.74) is 2.93. The van der Waals surface area contributed by atoms with Gasteiger partial charge in [-0.05, 0) is 5.56 Å². The lowest BCUT2D eigenvalue weighted by atomic mass is 10.1. The third-order valence-corrected chi connectivity index (χ3v) is 3.22. The van der Waals surface area contributed by atoms with Crippen LogP contribution in [-0.2, 0) is 20.8 Å². The number of hydrogen-bond acceptors (Lipinski definition) is 3. The standard InChI is InChI=1S/C12H8Cl2N2O3/c13-9-10(14)12(19)16(11(9)18)15-8(17)6-7-4-2-1-3-5-7/h1-5H,6H2,(H,15,17). The van der Waals surface area contributed by atoms with Gasteiger partial charge in [-0.25, -0.2) is 0 Å². The third-order valence-electron chi connectivity index (χ3n) is 2.42. The van der Waals surface area contributed by atoms with E-state index in [0.717, 1.165) is 5.56 Å². The SMILES string of the molecule is O=C(Cc1ccccc1)NN1C(=O)C(Cl)=C(Cl)C1=O. The Hall–Kier alpha value is -1.85. The second-order valence-electron chi connectivity index (χ2n) is 3.77. The maximum atomic E-state index is 11.7. The van der Waals surface area contributed by atoms with E-state index in [4.69, 9.17) is 23.2 Å². The lowest BCUT2D eigenvalue weighted by Gasteiger charge is -2.15. The molecule has 0 bridgehead atoms. The summed E-state index contributed by atoms with van der Waals surface area (Å²) >= 11 is 11.1. The first-order valence-electron chi connectivity index (χ1n) is 5.28. The molecule has 1 aromatic rings. The molecule has 1 N–H and O–H groups in total. The first kappa shape index (κ1) is 13.6. The Kier molecular flexibility index (Phi) is 3.87. The molecular formula is C12H8Cl2N2O3. The highest BCUT2D eigenvalue weighted by Crippen LogP contribution is 2.25. The molecule has 0 aliphatic carbocycles. The maximum absolute atomic E-state index is 11.7. The van der Waals surface area contributed by atoms with Crippen LogP contribution >= 0.6 is 23.2 Å². The van der Waals surface area contributed by atoms with Crippen molar-refractivity contribution in [3.8, 4) is 0 Å². The smallest absolute Gasteiger partial charge is 0.273 e. The van der Waals surface area contributed by atoms with Crippen LogP contribution in [0.2, 0.25) is 0 Å². The van der Waals surface area contributed by atoms with Gasteiger partial charge in [0.25, 0.3) is 11.8 Å². The lowest BCUT2D eigenvalue weighted by molar-refractivity contribution is -0.146. The molecule has 3 amide bonds. The number of hydrogen-bond donors (Lipinski definition) is 1. The fourth-order valence-electron chi connectivity index (χ4n) is 1.52. The quantitative estimate of drug-likeness (QED) is 0.856. The number of halogens is 2. The predicted octanol–water partition coefficient (Wildman–Crippen LogP) is 1.32. The van der Waals surface area contributed by atoms with Gasteiger partial charge in [-0.2, -0.15) is 5.01 Å². The minimum atomic E-state index is -0.835. The highest BCUT2D eigenvalue weighted by atomic mass is 35.5. The average Bonchev–Trinajstić information content (AvgIpc) is 2.58. The molecule has 0 unspecified atom stereocenters. The molecule has 0 atom stereocenters. The van der Waals surface area contributed by atoms with E-state index in [1.54, 1.807) is 24.3 Å². The van der Waals surface area contributed by atoms with Crippen LogP contribution in [0.3, 0.4) is 0 Å². The Bertz CT molecular complexity index is 560. The Balaban J connectivity index is 2.02. The van der Waals surface area contributed by atoms with Crippen LogP contribution in [0, 0.1) is 0 Å². The van der Waals surface area contributed by atoms with Gasteiger partial charge in [-0.3, -0.25) is 19.8 Å². The molecule has 1 aliphatic heterocycles. The highest BCUT2D eigenvalue weighted by molar-refractivity contribution is 6.58. The van der Waals surface area contributed by atoms with Gasteiger partial charge >= 0.3 is 0 Å². The van der Waals surface area contributed by atoms with Crippen LogP contribution in [0.5, 0.6) is 0 Å². The number of amides is 3. The molecule has 0 fully saturated rings. The van der Waals surface area contributed by atoms with Crippen molar-refractivity contribution in [1.82, 2.24) is 10.4 Å². The Morgan fingerprint density at radius 2 is 1.58 bits per heavy atom. The van der Waals surface area contributed by atoms with Crippen LogP contribution in [0.1, 0.15) is 5.56 Å². The Labute approximate surface area is 118 Å². The van der Waals surface area contributed by atoms with E-state index >= 15 is 0 Å². The van der Waals surface area contributed by atoms with Crippen molar-refractivity contribution in [2.75, 3.05) is 0 Å². The van der Waals surface area contributed by atoms with Gasteiger partial charge in [-0.1, -0.05) is 53.5 Å². The first-order chi connectivity index (χ1) is 9.00. The second-order valence-corrected chi connectivity index (χ2v) is 4.53. The van der Waals surface area contributed by atoms with E-state index in [0.29, 0.717) is 5.01 Å². The molecule has 0 saturated carbocycles. The van der Waals surface area contributed by atoms with Crippen molar-refractivity contribution in [2.24, 2.45) is 0 Å². The number of benzene rings is 1. The van der Waals surface area contributed by atoms with Crippen LogP contribution < -0.4 is 5.43 Å². The minimum absolute atomic E-state index is 0.0349. The molecule has 1 aliphatic rings. The number of carbonyl (C=O) groups excluding carboxylic acids is 3. The van der Waals surface area contributed by atoms with E-state index in [9.17, 15) is 14.4 Å². The molecule has 0 spiro atoms. The van der Waals surface area contributed by atoms with Crippen LogP contribution in [0.15, 0.2) is 40.4 Å². The topological polar surface area (TPSA) is 66.5 Å². The second kappa shape index (κ2) is 5.42. The summed E-state index contributed by atoms with van der Waals surface area (Å²) in [7, 11) is 0. The molecule has 0 radical (unpaired) electrons. The number of nitrogens with one attached hydrogen (secondary N) is 1. The van der Waals surface area contributed by atoms with Gasteiger partial charge in [0.1, 0.15) is 10.1 Å². The lowest BCUT2D eigenvalue weighted by Crippen LogP contribution is -2.47. The van der Waals surface area contributed by atoms with Crippen molar-refractivity contribution >= 4 is 40.9 Å². The molecule has 7 heteroatoms. The van der Waals surface area contributed by atoms with E-state index in [-0.39, 0.29) is 6.42 Å². The normalized spacial score (nSPS) is 15.2. The van der Waals surface area contributed by atoms with Gasteiger partial charge in [-0.15, -0.1) is 0 Å². The fraction of sp³-hybridized carbons (Fsp3) is 0.0833. The van der Waals surface area contributed by atoms with Gasteiger partial charge in [0.2, 0.25) is 5.91 Å². The molecule has 1 aromatic carbocycles. The van der Waals surface area contributed by atoms with Crippen LogP contribution in [0.4, 0.5) is 0 Å². The molecule has 98 valence electrons. The Morgan fingerprint density at radius 1 is 1.05 bits per heavy atom. The van der Waals surface area contributed by atoms with Crippen LogP contribution in [-0.4, -0.2) is 22.7 Å². The number of rotatable bonds is 3. The van der Waals surface area contributed by atoms with E-state index in [2.05, 4.69) is 5.43 Å². The number of carbonyl (C=O) groups is 3. The van der Waals surface area contributed by atoms with Gasteiger partial charge in [0.05, 0.1) is 6.42 Å². The number of hydrazine groups is 1. The fourth-order valence-corrected chi connectivity index (χ4v) is 1.85. The van der Waals surface area contributed by atoms with E-state index in [1.165, 1.54) is 0 Å². The van der Waals surface area contributed by atoms with Crippen LogP contribution in [0.25, 0.3) is 0 Å². The van der Waals surface area contributed by atoms with Crippen molar-refractivity contribution in [1.29, 1.82) is 0 Å². The zero-order valence-electron chi connectivity index (χ0n) is 9.52. The summed E-state index contributed by atoms with van der Waals surface area (Å²) in [4.78, 5) is 34.8. The van der Waals surface area contributed by atoms with Gasteiger partial charge in [0, 0.05) is 0 Å². The molecule has 0 aromatic heterocycles. The summed E-state index contributed by atoms with van der Waals surface area (Å²) in [6.45, 7) is 0. The maximum Gasteiger partial charge on any atom is 0.293 e. The third kappa shape index (κ3) is 2.77. The molecular weight excluding hydrogens is 291 g/mol. The number of nitrogens with zero attached hydrogens (tertiary/aromatic N) is 1. The minimum Gasteiger partial charge on any atom is -0.273 e. The molecule has 0 saturated heterocycles. The largest absolute Gasteiger partial charge is 0.293 e. The predicted molar refractivity (Wildman–Crippen MR) is 68.9 cm³/mol. The Morgan fingerprint density at radius 3 is 2.11 bits per heavy atom. The van der Waals surface area contributed by atoms with Crippen molar-refractivity contribution in [2.45, 2.75) is 6.42 Å². The highest BCUT2D eigenvalue weighted by Gasteiger charge is 2.37. The number of imide groups is 1. The molecule has 1 heterocycles.